The molecule has 1 saturated heterocycles. The lowest BCUT2D eigenvalue weighted by atomic mass is 10.0. The van der Waals surface area contributed by atoms with Crippen molar-refractivity contribution in [3.05, 3.63) is 59.7 Å². The Morgan fingerprint density at radius 3 is 2.70 bits per heavy atom. The number of carbonyl (C=O) groups is 2. The quantitative estimate of drug-likeness (QED) is 0.778. The summed E-state index contributed by atoms with van der Waals surface area (Å²) < 4.78 is 11.2. The van der Waals surface area contributed by atoms with E-state index in [4.69, 9.17) is 14.6 Å². The highest BCUT2D eigenvalue weighted by Crippen LogP contribution is 2.21. The molecule has 1 aliphatic heterocycles. The molecule has 0 spiro atoms. The van der Waals surface area contributed by atoms with E-state index in [9.17, 15) is 9.59 Å². The maximum absolute atomic E-state index is 12.4. The average Bonchev–Trinajstić information content (AvgIpc) is 3.20. The third kappa shape index (κ3) is 5.08. The maximum atomic E-state index is 12.4. The summed E-state index contributed by atoms with van der Waals surface area (Å²) in [5, 5.41) is 11.9. The van der Waals surface area contributed by atoms with Gasteiger partial charge in [-0.25, -0.2) is 0 Å². The molecule has 6 heteroatoms. The van der Waals surface area contributed by atoms with E-state index in [1.54, 1.807) is 55.5 Å². The Hall–Kier alpha value is -2.86. The van der Waals surface area contributed by atoms with E-state index < -0.39 is 11.9 Å². The first-order chi connectivity index (χ1) is 13.0. The fourth-order valence-electron chi connectivity index (χ4n) is 2.90. The Morgan fingerprint density at radius 1 is 1.26 bits per heavy atom. The molecule has 1 fully saturated rings. The largest absolute Gasteiger partial charge is 0.491 e. The number of hydrogen-bond acceptors (Lipinski definition) is 4. The van der Waals surface area contributed by atoms with Gasteiger partial charge in [-0.3, -0.25) is 9.59 Å². The highest BCUT2D eigenvalue weighted by molar-refractivity contribution is 6.04. The predicted molar refractivity (Wildman–Crippen MR) is 101 cm³/mol. The molecule has 142 valence electrons. The zero-order chi connectivity index (χ0) is 19.2. The summed E-state index contributed by atoms with van der Waals surface area (Å²) in [5.41, 5.74) is 1.69. The van der Waals surface area contributed by atoms with Gasteiger partial charge in [-0.2, -0.15) is 0 Å². The van der Waals surface area contributed by atoms with Gasteiger partial charge in [0.15, 0.2) is 0 Å². The molecule has 0 radical (unpaired) electrons. The molecule has 27 heavy (non-hydrogen) atoms. The molecular weight excluding hydrogens is 346 g/mol. The van der Waals surface area contributed by atoms with E-state index in [0.717, 1.165) is 19.4 Å². The second-order valence-electron chi connectivity index (χ2n) is 6.61. The topological polar surface area (TPSA) is 84.9 Å². The fraction of sp³-hybridized carbons (Fsp3) is 0.333. The van der Waals surface area contributed by atoms with E-state index in [1.165, 1.54) is 0 Å². The van der Waals surface area contributed by atoms with Crippen molar-refractivity contribution in [2.45, 2.75) is 31.8 Å². The molecule has 3 rings (SSSR count). The summed E-state index contributed by atoms with van der Waals surface area (Å²) in [6.07, 6.45) is 2.23. The first-order valence-electron chi connectivity index (χ1n) is 9.01. The van der Waals surface area contributed by atoms with Crippen molar-refractivity contribution < 1.29 is 24.2 Å². The molecule has 1 heterocycles. The Balaban J connectivity index is 1.59. The maximum Gasteiger partial charge on any atom is 0.310 e. The number of benzene rings is 2. The summed E-state index contributed by atoms with van der Waals surface area (Å²) in [6, 6.07) is 13.8. The van der Waals surface area contributed by atoms with Crippen molar-refractivity contribution in [3.63, 3.8) is 0 Å². The first kappa shape index (κ1) is 18.9. The predicted octanol–water partition coefficient (Wildman–Crippen LogP) is 3.68. The number of carboxylic acids is 1. The van der Waals surface area contributed by atoms with Gasteiger partial charge in [0.1, 0.15) is 12.4 Å². The second kappa shape index (κ2) is 8.68. The van der Waals surface area contributed by atoms with Crippen molar-refractivity contribution in [1.82, 2.24) is 0 Å². The van der Waals surface area contributed by atoms with Crippen LogP contribution in [-0.4, -0.2) is 36.3 Å². The van der Waals surface area contributed by atoms with E-state index in [1.807, 2.05) is 0 Å². The van der Waals surface area contributed by atoms with Gasteiger partial charge >= 0.3 is 5.97 Å². The smallest absolute Gasteiger partial charge is 0.310 e. The second-order valence-corrected chi connectivity index (χ2v) is 6.61. The lowest BCUT2D eigenvalue weighted by Crippen LogP contribution is -2.16. The Bertz CT molecular complexity index is 796. The molecule has 0 saturated carbocycles. The van der Waals surface area contributed by atoms with Gasteiger partial charge in [-0.05, 0) is 61.7 Å². The Labute approximate surface area is 158 Å². The number of nitrogens with one attached hydrogen (secondary N) is 1. The van der Waals surface area contributed by atoms with Crippen LogP contribution in [0.4, 0.5) is 5.69 Å². The highest BCUT2D eigenvalue weighted by Gasteiger charge is 2.16. The molecule has 1 aliphatic rings. The summed E-state index contributed by atoms with van der Waals surface area (Å²) >= 11 is 0. The van der Waals surface area contributed by atoms with Gasteiger partial charge in [0.2, 0.25) is 0 Å². The molecule has 0 bridgehead atoms. The van der Waals surface area contributed by atoms with Crippen LogP contribution in [-0.2, 0) is 9.53 Å². The zero-order valence-electron chi connectivity index (χ0n) is 15.2. The highest BCUT2D eigenvalue weighted by atomic mass is 16.5. The fourth-order valence-corrected chi connectivity index (χ4v) is 2.90. The van der Waals surface area contributed by atoms with Crippen molar-refractivity contribution in [1.29, 1.82) is 0 Å². The molecule has 2 N–H and O–H groups in total. The van der Waals surface area contributed by atoms with Crippen LogP contribution in [0.2, 0.25) is 0 Å². The molecule has 6 nitrogen and oxygen atoms in total. The van der Waals surface area contributed by atoms with E-state index in [-0.39, 0.29) is 12.0 Å². The summed E-state index contributed by atoms with van der Waals surface area (Å²) in [7, 11) is 0. The molecular formula is C21H23NO5. The Kier molecular flexibility index (Phi) is 6.08. The number of ether oxygens (including phenoxy) is 2. The molecule has 1 amide bonds. The number of aliphatic carboxylic acids is 1. The first-order valence-corrected chi connectivity index (χ1v) is 9.01. The third-order valence-corrected chi connectivity index (χ3v) is 4.59. The minimum atomic E-state index is -0.905. The SMILES string of the molecule is CC(C(=O)O)c1cccc(NC(=O)c2ccc(OCC3CCCO3)cc2)c1. The van der Waals surface area contributed by atoms with Crippen LogP contribution in [0, 0.1) is 0 Å². The number of carboxylic acid groups (broad SMARTS) is 1. The van der Waals surface area contributed by atoms with Crippen LogP contribution in [0.5, 0.6) is 5.75 Å². The third-order valence-electron chi connectivity index (χ3n) is 4.59. The van der Waals surface area contributed by atoms with Gasteiger partial charge < -0.3 is 19.9 Å². The summed E-state index contributed by atoms with van der Waals surface area (Å²) in [4.78, 5) is 23.5. The number of anilines is 1. The van der Waals surface area contributed by atoms with Crippen LogP contribution in [0.25, 0.3) is 0 Å². The van der Waals surface area contributed by atoms with Gasteiger partial charge in [0, 0.05) is 17.9 Å². The van der Waals surface area contributed by atoms with Gasteiger partial charge in [0.25, 0.3) is 5.91 Å². The zero-order valence-corrected chi connectivity index (χ0v) is 15.2. The summed E-state index contributed by atoms with van der Waals surface area (Å²) in [6.45, 7) is 2.91. The van der Waals surface area contributed by atoms with Gasteiger partial charge in [-0.15, -0.1) is 0 Å². The minimum absolute atomic E-state index is 0.147. The monoisotopic (exact) mass is 369 g/mol. The number of hydrogen-bond donors (Lipinski definition) is 2. The number of rotatable bonds is 7. The van der Waals surface area contributed by atoms with E-state index >= 15 is 0 Å². The minimum Gasteiger partial charge on any atom is -0.491 e. The molecule has 2 aromatic carbocycles. The van der Waals surface area contributed by atoms with Crippen LogP contribution < -0.4 is 10.1 Å². The van der Waals surface area contributed by atoms with Crippen molar-refractivity contribution in [2.75, 3.05) is 18.5 Å². The van der Waals surface area contributed by atoms with Crippen molar-refractivity contribution >= 4 is 17.6 Å². The number of carbonyl (C=O) groups excluding carboxylic acids is 1. The van der Waals surface area contributed by atoms with E-state index in [0.29, 0.717) is 29.2 Å². The molecule has 0 aliphatic carbocycles. The molecule has 0 aromatic heterocycles. The van der Waals surface area contributed by atoms with Crippen LogP contribution in [0.3, 0.4) is 0 Å². The average molecular weight is 369 g/mol. The summed E-state index contributed by atoms with van der Waals surface area (Å²) in [5.74, 6) is -1.11. The lowest BCUT2D eigenvalue weighted by Gasteiger charge is -2.12. The molecule has 2 atom stereocenters. The number of amides is 1. The van der Waals surface area contributed by atoms with Crippen LogP contribution in [0.15, 0.2) is 48.5 Å². The van der Waals surface area contributed by atoms with Crippen molar-refractivity contribution in [3.8, 4) is 5.75 Å². The van der Waals surface area contributed by atoms with E-state index in [2.05, 4.69) is 5.32 Å². The van der Waals surface area contributed by atoms with Crippen molar-refractivity contribution in [2.24, 2.45) is 0 Å². The van der Waals surface area contributed by atoms with Crippen LogP contribution >= 0.6 is 0 Å². The normalized spacial score (nSPS) is 17.3. The van der Waals surface area contributed by atoms with Gasteiger partial charge in [-0.1, -0.05) is 12.1 Å². The standard InChI is InChI=1S/C21H23NO5/c1-14(21(24)25)16-4-2-5-17(12-16)22-20(23)15-7-9-18(10-8-15)27-13-19-6-3-11-26-19/h2,4-5,7-10,12,14,19H,3,6,11,13H2,1H3,(H,22,23)(H,24,25). The lowest BCUT2D eigenvalue weighted by molar-refractivity contribution is -0.138. The molecule has 2 unspecified atom stereocenters. The molecule has 2 aromatic rings. The van der Waals surface area contributed by atoms with Gasteiger partial charge in [0.05, 0.1) is 12.0 Å². The van der Waals surface area contributed by atoms with Crippen LogP contribution in [0.1, 0.15) is 41.6 Å². The Morgan fingerprint density at radius 2 is 2.04 bits per heavy atom.